The summed E-state index contributed by atoms with van der Waals surface area (Å²) in [5, 5.41) is 42.0. The number of benzene rings is 2. The molecule has 0 spiro atoms. The van der Waals surface area contributed by atoms with Gasteiger partial charge in [0, 0.05) is 18.7 Å². The Morgan fingerprint density at radius 2 is 1.81 bits per heavy atom. The van der Waals surface area contributed by atoms with E-state index in [9.17, 15) is 39.5 Å². The summed E-state index contributed by atoms with van der Waals surface area (Å²) in [6.45, 7) is -0.432. The van der Waals surface area contributed by atoms with Crippen LogP contribution in [0.25, 0.3) is 0 Å². The van der Waals surface area contributed by atoms with Gasteiger partial charge >= 0.3 is 11.8 Å². The van der Waals surface area contributed by atoms with Crippen LogP contribution in [0, 0.1) is 10.1 Å². The van der Waals surface area contributed by atoms with Crippen molar-refractivity contribution in [3.8, 4) is 5.75 Å². The van der Waals surface area contributed by atoms with E-state index in [1.54, 1.807) is 12.1 Å². The lowest BCUT2D eigenvalue weighted by Gasteiger charge is -2.16. The third kappa shape index (κ3) is 7.02. The number of phenolic OH excluding ortho intramolecular Hbond substituents is 1. The van der Waals surface area contributed by atoms with Crippen LogP contribution >= 0.6 is 11.6 Å². The predicted molar refractivity (Wildman–Crippen MR) is 127 cm³/mol. The Kier molecular flexibility index (Phi) is 8.37. The second-order valence-electron chi connectivity index (χ2n) is 7.52. The number of hydrogen-bond acceptors (Lipinski definition) is 8. The summed E-state index contributed by atoms with van der Waals surface area (Å²) in [6, 6.07) is 9.39. The minimum atomic E-state index is -1.58. The molecule has 0 aliphatic heterocycles. The molecule has 0 unspecified atom stereocenters. The maximum absolute atomic E-state index is 12.6. The van der Waals surface area contributed by atoms with E-state index < -0.39 is 47.0 Å². The summed E-state index contributed by atoms with van der Waals surface area (Å²) in [5.74, 6) is -4.23. The SMILES string of the molecule is O=C(NCc1cccc(O)c1)c1ccc(C(=O)N[C@@H](CNC(=O)c2cc([N+](=O)[O-])[nH]n2)C(=O)O)c(Cl)c1. The van der Waals surface area contributed by atoms with E-state index >= 15 is 0 Å². The van der Waals surface area contributed by atoms with E-state index in [4.69, 9.17) is 11.6 Å². The average Bonchev–Trinajstić information content (AvgIpc) is 3.35. The van der Waals surface area contributed by atoms with Crippen LogP contribution in [0.15, 0.2) is 48.5 Å². The number of nitrogens with zero attached hydrogens (tertiary/aromatic N) is 2. The van der Waals surface area contributed by atoms with Crippen molar-refractivity contribution < 1.29 is 34.3 Å². The number of aromatic nitrogens is 2. The molecule has 3 amide bonds. The normalized spacial score (nSPS) is 11.3. The largest absolute Gasteiger partial charge is 0.508 e. The second-order valence-corrected chi connectivity index (χ2v) is 7.92. The average molecular weight is 531 g/mol. The highest BCUT2D eigenvalue weighted by atomic mass is 35.5. The number of rotatable bonds is 10. The van der Waals surface area contributed by atoms with Crippen LogP contribution < -0.4 is 16.0 Å². The van der Waals surface area contributed by atoms with Crippen LogP contribution in [0.2, 0.25) is 5.02 Å². The number of carboxylic acid groups (broad SMARTS) is 1. The Morgan fingerprint density at radius 1 is 1.05 bits per heavy atom. The molecule has 6 N–H and O–H groups in total. The monoisotopic (exact) mass is 530 g/mol. The van der Waals surface area contributed by atoms with Gasteiger partial charge < -0.3 is 36.3 Å². The standard InChI is InChI=1S/C22H19ClN6O8/c23-15-7-12(19(31)24-9-11-2-1-3-13(30)6-11)4-5-14(15)20(32)26-17(22(34)35)10-25-21(33)16-8-18(28-27-16)29(36)37/h1-8,17,30H,9-10H2,(H,24,31)(H,25,33)(H,26,32)(H,27,28)(H,34,35)/t17-/m0/s1. The number of nitro groups is 1. The van der Waals surface area contributed by atoms with Crippen molar-refractivity contribution in [3.05, 3.63) is 86.1 Å². The number of carboxylic acids is 1. The van der Waals surface area contributed by atoms with Crippen LogP contribution in [0.4, 0.5) is 5.82 Å². The summed E-state index contributed by atoms with van der Waals surface area (Å²) in [7, 11) is 0. The number of aromatic amines is 1. The molecule has 0 bridgehead atoms. The molecule has 0 fully saturated rings. The number of carbonyl (C=O) groups is 4. The molecular weight excluding hydrogens is 512 g/mol. The number of nitrogens with one attached hydrogen (secondary N) is 4. The first-order valence-corrected chi connectivity index (χ1v) is 10.8. The van der Waals surface area contributed by atoms with Crippen LogP contribution in [0.5, 0.6) is 5.75 Å². The van der Waals surface area contributed by atoms with Crippen molar-refractivity contribution in [1.82, 2.24) is 26.1 Å². The number of phenols is 1. The number of halogens is 1. The topological polar surface area (TPSA) is 217 Å². The molecule has 0 radical (unpaired) electrons. The van der Waals surface area contributed by atoms with Crippen LogP contribution in [-0.2, 0) is 11.3 Å². The van der Waals surface area contributed by atoms with Crippen LogP contribution in [-0.4, -0.2) is 61.6 Å². The van der Waals surface area contributed by atoms with Crippen molar-refractivity contribution in [2.75, 3.05) is 6.54 Å². The van der Waals surface area contributed by atoms with Gasteiger partial charge in [0.25, 0.3) is 17.7 Å². The molecule has 1 aromatic heterocycles. The van der Waals surface area contributed by atoms with Crippen molar-refractivity contribution in [2.24, 2.45) is 0 Å². The Hall–Kier alpha value is -4.98. The summed E-state index contributed by atoms with van der Waals surface area (Å²) in [5.41, 5.74) is 0.333. The zero-order valence-electron chi connectivity index (χ0n) is 18.7. The molecule has 0 aliphatic carbocycles. The van der Waals surface area contributed by atoms with E-state index in [0.29, 0.717) is 5.56 Å². The van der Waals surface area contributed by atoms with Gasteiger partial charge in [0.2, 0.25) is 0 Å². The van der Waals surface area contributed by atoms with Gasteiger partial charge in [-0.25, -0.2) is 4.79 Å². The molecule has 0 aliphatic rings. The Labute approximate surface area is 212 Å². The fourth-order valence-electron chi connectivity index (χ4n) is 3.03. The van der Waals surface area contributed by atoms with Gasteiger partial charge in [-0.1, -0.05) is 28.8 Å². The van der Waals surface area contributed by atoms with Crippen molar-refractivity contribution >= 4 is 41.1 Å². The zero-order chi connectivity index (χ0) is 27.1. The third-order valence-electron chi connectivity index (χ3n) is 4.90. The first-order chi connectivity index (χ1) is 17.5. The summed E-state index contributed by atoms with van der Waals surface area (Å²) in [4.78, 5) is 58.6. The van der Waals surface area contributed by atoms with E-state index in [2.05, 4.69) is 21.0 Å². The van der Waals surface area contributed by atoms with Crippen LogP contribution in [0.1, 0.15) is 36.8 Å². The van der Waals surface area contributed by atoms with Gasteiger partial charge in [-0.05, 0) is 40.8 Å². The highest BCUT2D eigenvalue weighted by molar-refractivity contribution is 6.34. The maximum Gasteiger partial charge on any atom is 0.343 e. The minimum absolute atomic E-state index is 0.0505. The molecule has 1 atom stereocenters. The van der Waals surface area contributed by atoms with Gasteiger partial charge in [0.1, 0.15) is 11.8 Å². The third-order valence-corrected chi connectivity index (χ3v) is 5.22. The van der Waals surface area contributed by atoms with Crippen molar-refractivity contribution in [2.45, 2.75) is 12.6 Å². The fourth-order valence-corrected chi connectivity index (χ4v) is 3.30. The number of carbonyl (C=O) groups excluding carboxylic acids is 3. The minimum Gasteiger partial charge on any atom is -0.508 e. The smallest absolute Gasteiger partial charge is 0.343 e. The van der Waals surface area contributed by atoms with Crippen molar-refractivity contribution in [3.63, 3.8) is 0 Å². The first-order valence-electron chi connectivity index (χ1n) is 10.4. The van der Waals surface area contributed by atoms with Gasteiger partial charge in [-0.3, -0.25) is 14.4 Å². The molecule has 1 heterocycles. The Bertz CT molecular complexity index is 1370. The number of aliphatic carboxylic acids is 1. The number of H-pyrrole nitrogens is 1. The summed E-state index contributed by atoms with van der Waals surface area (Å²) >= 11 is 6.15. The van der Waals surface area contributed by atoms with Crippen molar-refractivity contribution in [1.29, 1.82) is 0 Å². The summed E-state index contributed by atoms with van der Waals surface area (Å²) < 4.78 is 0. The summed E-state index contributed by atoms with van der Waals surface area (Å²) in [6.07, 6.45) is 0. The Morgan fingerprint density at radius 3 is 2.43 bits per heavy atom. The highest BCUT2D eigenvalue weighted by Crippen LogP contribution is 2.19. The lowest BCUT2D eigenvalue weighted by molar-refractivity contribution is -0.389. The number of hydrogen-bond donors (Lipinski definition) is 6. The lowest BCUT2D eigenvalue weighted by Crippen LogP contribution is -2.48. The number of amides is 3. The van der Waals surface area contributed by atoms with Gasteiger partial charge in [-0.15, -0.1) is 5.10 Å². The Balaban J connectivity index is 1.60. The van der Waals surface area contributed by atoms with Gasteiger partial charge in [0.05, 0.1) is 16.7 Å². The molecular formula is C22H19ClN6O8. The molecule has 14 nitrogen and oxygen atoms in total. The first kappa shape index (κ1) is 26.6. The van der Waals surface area contributed by atoms with Gasteiger partial charge in [0.15, 0.2) is 5.69 Å². The fraction of sp³-hybridized carbons (Fsp3) is 0.136. The van der Waals surface area contributed by atoms with E-state index in [0.717, 1.165) is 6.07 Å². The second kappa shape index (κ2) is 11.6. The maximum atomic E-state index is 12.6. The molecule has 3 aromatic rings. The number of aromatic hydroxyl groups is 1. The molecule has 0 saturated heterocycles. The van der Waals surface area contributed by atoms with E-state index in [1.165, 1.54) is 30.3 Å². The zero-order valence-corrected chi connectivity index (χ0v) is 19.5. The molecule has 37 heavy (non-hydrogen) atoms. The van der Waals surface area contributed by atoms with Gasteiger partial charge in [-0.2, -0.15) is 0 Å². The highest BCUT2D eigenvalue weighted by Gasteiger charge is 2.24. The molecule has 3 rings (SSSR count). The van der Waals surface area contributed by atoms with E-state index in [-0.39, 0.29) is 34.1 Å². The van der Waals surface area contributed by atoms with Crippen LogP contribution in [0.3, 0.4) is 0 Å². The predicted octanol–water partition coefficient (Wildman–Crippen LogP) is 1.22. The lowest BCUT2D eigenvalue weighted by atomic mass is 10.1. The quantitative estimate of drug-likeness (QED) is 0.164. The molecule has 192 valence electrons. The molecule has 15 heteroatoms. The molecule has 2 aromatic carbocycles. The van der Waals surface area contributed by atoms with E-state index in [1.807, 2.05) is 5.10 Å². The molecule has 0 saturated carbocycles.